The number of aromatic nitrogens is 4. The average Bonchev–Trinajstić information content (AvgIpc) is 2.21. The molecule has 0 unspecified atom stereocenters. The molecular formula is C5H5IN4. The molecule has 1 N–H and O–H groups in total. The van der Waals surface area contributed by atoms with Gasteiger partial charge >= 0.3 is 0 Å². The van der Waals surface area contributed by atoms with Crippen LogP contribution in [0.4, 0.5) is 0 Å². The van der Waals surface area contributed by atoms with Crippen LogP contribution in [0, 0.1) is 10.6 Å². The van der Waals surface area contributed by atoms with Crippen LogP contribution in [0.15, 0.2) is 6.07 Å². The van der Waals surface area contributed by atoms with Crippen molar-refractivity contribution in [2.24, 2.45) is 0 Å². The quantitative estimate of drug-likeness (QED) is 0.706. The maximum absolute atomic E-state index is 4.15. The van der Waals surface area contributed by atoms with E-state index in [1.807, 2.05) is 13.0 Å². The maximum Gasteiger partial charge on any atom is 0.176 e. The monoisotopic (exact) mass is 248 g/mol. The number of nitrogens with zero attached hydrogens (tertiary/aromatic N) is 3. The molecule has 2 heterocycles. The molecule has 2 aromatic heterocycles. The minimum Gasteiger partial charge on any atom is -0.270 e. The van der Waals surface area contributed by atoms with Gasteiger partial charge in [-0.05, 0) is 29.5 Å². The minimum absolute atomic E-state index is 0.794. The number of fused-ring (bicyclic) bond motifs is 1. The molecule has 4 nitrogen and oxygen atoms in total. The van der Waals surface area contributed by atoms with Crippen molar-refractivity contribution in [2.45, 2.75) is 6.92 Å². The van der Waals surface area contributed by atoms with Crippen LogP contribution in [0.1, 0.15) is 5.82 Å². The Morgan fingerprint density at radius 2 is 2.50 bits per heavy atom. The van der Waals surface area contributed by atoms with E-state index < -0.39 is 0 Å². The van der Waals surface area contributed by atoms with Crippen LogP contribution in [0.5, 0.6) is 0 Å². The standard InChI is InChI=1S/C5H5IN4/c1-3-7-5-2-4(6)9-10(5)8-3/h2,9H,1H3. The molecule has 52 valence electrons. The first kappa shape index (κ1) is 6.14. The second-order valence-corrected chi connectivity index (χ2v) is 3.20. The molecule has 0 radical (unpaired) electrons. The Morgan fingerprint density at radius 3 is 3.20 bits per heavy atom. The summed E-state index contributed by atoms with van der Waals surface area (Å²) in [7, 11) is 0. The molecule has 0 spiro atoms. The number of H-pyrrole nitrogens is 1. The van der Waals surface area contributed by atoms with Gasteiger partial charge in [-0.2, -0.15) is 4.63 Å². The van der Waals surface area contributed by atoms with Gasteiger partial charge in [0.05, 0.1) is 3.70 Å². The van der Waals surface area contributed by atoms with E-state index in [1.165, 1.54) is 0 Å². The van der Waals surface area contributed by atoms with Gasteiger partial charge in [-0.3, -0.25) is 5.10 Å². The Morgan fingerprint density at radius 1 is 1.70 bits per heavy atom. The molecule has 10 heavy (non-hydrogen) atoms. The predicted molar refractivity (Wildman–Crippen MR) is 44.8 cm³/mol. The Bertz CT molecular complexity index is 297. The number of hydrogen-bond donors (Lipinski definition) is 1. The number of halogens is 1. The van der Waals surface area contributed by atoms with Gasteiger partial charge < -0.3 is 0 Å². The molecule has 0 aliphatic carbocycles. The molecule has 0 aliphatic heterocycles. The van der Waals surface area contributed by atoms with Crippen LogP contribution in [0.3, 0.4) is 0 Å². The Kier molecular flexibility index (Phi) is 1.19. The molecule has 0 fully saturated rings. The summed E-state index contributed by atoms with van der Waals surface area (Å²) < 4.78 is 2.71. The molecule has 2 rings (SSSR count). The Hall–Kier alpha value is -0.590. The molecule has 0 aromatic carbocycles. The van der Waals surface area contributed by atoms with Crippen molar-refractivity contribution in [3.8, 4) is 0 Å². The average molecular weight is 248 g/mol. The summed E-state index contributed by atoms with van der Waals surface area (Å²) in [6.07, 6.45) is 0. The van der Waals surface area contributed by atoms with Crippen LogP contribution >= 0.6 is 22.6 Å². The van der Waals surface area contributed by atoms with Gasteiger partial charge in [0, 0.05) is 6.07 Å². The van der Waals surface area contributed by atoms with Crippen molar-refractivity contribution < 1.29 is 0 Å². The number of aromatic amines is 1. The highest BCUT2D eigenvalue weighted by Gasteiger charge is 2.00. The van der Waals surface area contributed by atoms with Gasteiger partial charge in [-0.1, -0.05) is 0 Å². The van der Waals surface area contributed by atoms with E-state index in [9.17, 15) is 0 Å². The van der Waals surface area contributed by atoms with E-state index in [2.05, 4.69) is 37.8 Å². The molecule has 0 amide bonds. The Labute approximate surface area is 70.8 Å². The summed E-state index contributed by atoms with van der Waals surface area (Å²) in [5.41, 5.74) is 0.877. The molecule has 5 heteroatoms. The highest BCUT2D eigenvalue weighted by Crippen LogP contribution is 2.05. The minimum atomic E-state index is 0.794. The van der Waals surface area contributed by atoms with Crippen LogP contribution < -0.4 is 0 Å². The third kappa shape index (κ3) is 0.808. The van der Waals surface area contributed by atoms with Crippen molar-refractivity contribution in [3.63, 3.8) is 0 Å². The van der Waals surface area contributed by atoms with Gasteiger partial charge in [0.2, 0.25) is 0 Å². The first-order chi connectivity index (χ1) is 4.75. The fraction of sp³-hybridized carbons (Fsp3) is 0.200. The number of aryl methyl sites for hydroxylation is 1. The summed E-state index contributed by atoms with van der Waals surface area (Å²) in [4.78, 5) is 4.15. The maximum atomic E-state index is 4.15. The highest BCUT2D eigenvalue weighted by atomic mass is 127. The highest BCUT2D eigenvalue weighted by molar-refractivity contribution is 14.1. The molecule has 0 aliphatic rings. The first-order valence-electron chi connectivity index (χ1n) is 2.83. The van der Waals surface area contributed by atoms with E-state index in [0.717, 1.165) is 15.2 Å². The van der Waals surface area contributed by atoms with Crippen molar-refractivity contribution in [1.29, 1.82) is 0 Å². The fourth-order valence-corrected chi connectivity index (χ4v) is 1.36. The van der Waals surface area contributed by atoms with Gasteiger partial charge in [-0.25, -0.2) is 4.98 Å². The summed E-state index contributed by atoms with van der Waals surface area (Å²) in [5, 5.41) is 7.09. The van der Waals surface area contributed by atoms with Crippen molar-refractivity contribution in [2.75, 3.05) is 0 Å². The predicted octanol–water partition coefficient (Wildman–Crippen LogP) is 0.970. The van der Waals surface area contributed by atoms with E-state index in [0.29, 0.717) is 0 Å². The lowest BCUT2D eigenvalue weighted by Crippen LogP contribution is -1.86. The van der Waals surface area contributed by atoms with Crippen molar-refractivity contribution >= 4 is 28.2 Å². The third-order valence-electron chi connectivity index (χ3n) is 1.21. The fourth-order valence-electron chi connectivity index (χ4n) is 0.854. The van der Waals surface area contributed by atoms with Crippen molar-refractivity contribution in [3.05, 3.63) is 15.6 Å². The lowest BCUT2D eigenvalue weighted by atomic mass is 10.7. The van der Waals surface area contributed by atoms with Gasteiger partial charge in [-0.15, -0.1) is 5.10 Å². The molecule has 0 bridgehead atoms. The summed E-state index contributed by atoms with van der Waals surface area (Å²) in [5.74, 6) is 0.794. The Balaban J connectivity index is 2.83. The molecule has 2 aromatic rings. The zero-order valence-corrected chi connectivity index (χ0v) is 7.45. The molecule has 0 atom stereocenters. The largest absolute Gasteiger partial charge is 0.270 e. The normalized spacial score (nSPS) is 11.0. The molecule has 0 saturated heterocycles. The second kappa shape index (κ2) is 1.94. The van der Waals surface area contributed by atoms with Crippen LogP contribution in [0.25, 0.3) is 5.65 Å². The zero-order valence-electron chi connectivity index (χ0n) is 5.30. The second-order valence-electron chi connectivity index (χ2n) is 2.03. The summed E-state index contributed by atoms with van der Waals surface area (Å²) in [6, 6.07) is 1.94. The van der Waals surface area contributed by atoms with Gasteiger partial charge in [0.25, 0.3) is 0 Å². The number of hydrogen-bond acceptors (Lipinski definition) is 2. The van der Waals surface area contributed by atoms with E-state index in [-0.39, 0.29) is 0 Å². The van der Waals surface area contributed by atoms with Gasteiger partial charge in [0.15, 0.2) is 5.65 Å². The lowest BCUT2D eigenvalue weighted by Gasteiger charge is -1.77. The summed E-state index contributed by atoms with van der Waals surface area (Å²) in [6.45, 7) is 1.87. The first-order valence-corrected chi connectivity index (χ1v) is 3.91. The van der Waals surface area contributed by atoms with Crippen LogP contribution in [-0.2, 0) is 0 Å². The van der Waals surface area contributed by atoms with Crippen LogP contribution in [-0.4, -0.2) is 19.8 Å². The van der Waals surface area contributed by atoms with E-state index in [4.69, 9.17) is 0 Å². The third-order valence-corrected chi connectivity index (χ3v) is 1.76. The van der Waals surface area contributed by atoms with Crippen molar-refractivity contribution in [1.82, 2.24) is 19.8 Å². The molecular weight excluding hydrogens is 243 g/mol. The van der Waals surface area contributed by atoms with E-state index >= 15 is 0 Å². The molecule has 0 saturated carbocycles. The van der Waals surface area contributed by atoms with Crippen LogP contribution in [0.2, 0.25) is 0 Å². The smallest absolute Gasteiger partial charge is 0.176 e. The topological polar surface area (TPSA) is 46.0 Å². The van der Waals surface area contributed by atoms with E-state index in [1.54, 1.807) is 4.63 Å². The number of nitrogens with one attached hydrogen (secondary N) is 1. The van der Waals surface area contributed by atoms with Gasteiger partial charge in [0.1, 0.15) is 5.82 Å². The SMILES string of the molecule is Cc1nc2cc(I)[nH]n2n1. The lowest BCUT2D eigenvalue weighted by molar-refractivity contribution is 0.797. The summed E-state index contributed by atoms with van der Waals surface area (Å²) >= 11 is 2.18. The zero-order chi connectivity index (χ0) is 7.14. The number of rotatable bonds is 0.